The molecule has 0 bridgehead atoms. The monoisotopic (exact) mass is 258 g/mol. The first kappa shape index (κ1) is 11.7. The van der Waals surface area contributed by atoms with Gasteiger partial charge in [-0.05, 0) is 25.0 Å². The van der Waals surface area contributed by atoms with E-state index in [-0.39, 0.29) is 11.3 Å². The molecule has 2 rings (SSSR count). The van der Waals surface area contributed by atoms with Crippen molar-refractivity contribution in [2.24, 2.45) is 5.41 Å². The Morgan fingerprint density at radius 1 is 1.50 bits per heavy atom. The maximum Gasteiger partial charge on any atom is 0.269 e. The Morgan fingerprint density at radius 3 is 2.75 bits per heavy atom. The van der Waals surface area contributed by atoms with Gasteiger partial charge in [-0.1, -0.05) is 11.6 Å². The number of halogens is 2. The fourth-order valence-corrected chi connectivity index (χ4v) is 1.88. The van der Waals surface area contributed by atoms with Crippen molar-refractivity contribution in [1.82, 2.24) is 10.3 Å². The lowest BCUT2D eigenvalue weighted by molar-refractivity contribution is 0.0941. The molecule has 0 aliphatic heterocycles. The largest absolute Gasteiger partial charge is 0.350 e. The summed E-state index contributed by atoms with van der Waals surface area (Å²) in [6.07, 6.45) is 3.64. The predicted octanol–water partition coefficient (Wildman–Crippen LogP) is 2.48. The number of rotatable bonds is 4. The Hall–Kier alpha value is -0.800. The molecular formula is C11H12Cl2N2O. The van der Waals surface area contributed by atoms with Gasteiger partial charge in [0.25, 0.3) is 5.91 Å². The third-order valence-electron chi connectivity index (χ3n) is 2.82. The number of hydrogen-bond donors (Lipinski definition) is 1. The van der Waals surface area contributed by atoms with Gasteiger partial charge < -0.3 is 5.32 Å². The number of pyridine rings is 1. The van der Waals surface area contributed by atoms with Crippen molar-refractivity contribution in [3.63, 3.8) is 0 Å². The van der Waals surface area contributed by atoms with Gasteiger partial charge >= 0.3 is 0 Å². The highest BCUT2D eigenvalue weighted by molar-refractivity contribution is 6.30. The molecule has 0 radical (unpaired) electrons. The first-order chi connectivity index (χ1) is 7.65. The Bertz CT molecular complexity index is 387. The molecule has 5 heteroatoms. The van der Waals surface area contributed by atoms with Gasteiger partial charge in [-0.25, -0.2) is 4.98 Å². The standard InChI is InChI=1S/C11H12Cl2N2O/c12-6-11(3-4-11)7-15-10(16)9-2-1-8(13)5-14-9/h1-2,5H,3-4,6-7H2,(H,15,16). The third kappa shape index (κ3) is 2.66. The van der Waals surface area contributed by atoms with Crippen LogP contribution in [0.3, 0.4) is 0 Å². The van der Waals surface area contributed by atoms with E-state index in [4.69, 9.17) is 23.2 Å². The van der Waals surface area contributed by atoms with Crippen LogP contribution >= 0.6 is 23.2 Å². The van der Waals surface area contributed by atoms with Crippen LogP contribution in [-0.4, -0.2) is 23.3 Å². The second-order valence-corrected chi connectivity index (χ2v) is 4.88. The SMILES string of the molecule is O=C(NCC1(CCl)CC1)c1ccc(Cl)cn1. The lowest BCUT2D eigenvalue weighted by Crippen LogP contribution is -2.31. The smallest absolute Gasteiger partial charge is 0.269 e. The Labute approximate surface area is 104 Å². The van der Waals surface area contributed by atoms with E-state index in [1.807, 2.05) is 0 Å². The molecule has 1 amide bonds. The zero-order valence-electron chi connectivity index (χ0n) is 8.67. The summed E-state index contributed by atoms with van der Waals surface area (Å²) in [5, 5.41) is 3.37. The molecule has 1 fully saturated rings. The Kier molecular flexibility index (Phi) is 3.36. The molecule has 16 heavy (non-hydrogen) atoms. The average molecular weight is 259 g/mol. The molecule has 86 valence electrons. The number of amides is 1. The van der Waals surface area contributed by atoms with Gasteiger partial charge in [-0.2, -0.15) is 0 Å². The lowest BCUT2D eigenvalue weighted by Gasteiger charge is -2.11. The van der Waals surface area contributed by atoms with E-state index in [0.29, 0.717) is 23.1 Å². The van der Waals surface area contributed by atoms with Crippen LogP contribution in [0, 0.1) is 5.41 Å². The van der Waals surface area contributed by atoms with Gasteiger partial charge in [0.15, 0.2) is 0 Å². The quantitative estimate of drug-likeness (QED) is 0.844. The maximum atomic E-state index is 11.7. The molecule has 0 aromatic carbocycles. The molecule has 0 atom stereocenters. The maximum absolute atomic E-state index is 11.7. The summed E-state index contributed by atoms with van der Waals surface area (Å²) in [6.45, 7) is 0.625. The molecule has 1 aliphatic carbocycles. The van der Waals surface area contributed by atoms with Gasteiger partial charge in [0, 0.05) is 24.0 Å². The first-order valence-corrected chi connectivity index (χ1v) is 6.02. The highest BCUT2D eigenvalue weighted by Crippen LogP contribution is 2.45. The molecule has 1 aromatic heterocycles. The van der Waals surface area contributed by atoms with Crippen molar-refractivity contribution >= 4 is 29.1 Å². The molecule has 0 saturated heterocycles. The number of nitrogens with zero attached hydrogens (tertiary/aromatic N) is 1. The molecular weight excluding hydrogens is 247 g/mol. The zero-order valence-corrected chi connectivity index (χ0v) is 10.2. The molecule has 0 unspecified atom stereocenters. The fraction of sp³-hybridized carbons (Fsp3) is 0.455. The normalized spacial score (nSPS) is 16.9. The first-order valence-electron chi connectivity index (χ1n) is 5.11. The van der Waals surface area contributed by atoms with Crippen LogP contribution in [0.2, 0.25) is 5.02 Å². The van der Waals surface area contributed by atoms with Crippen LogP contribution in [0.4, 0.5) is 0 Å². The Morgan fingerprint density at radius 2 is 2.25 bits per heavy atom. The second-order valence-electron chi connectivity index (χ2n) is 4.18. The molecule has 1 N–H and O–H groups in total. The van der Waals surface area contributed by atoms with Crippen LogP contribution in [0.5, 0.6) is 0 Å². The van der Waals surface area contributed by atoms with Crippen LogP contribution < -0.4 is 5.32 Å². The molecule has 1 aliphatic rings. The van der Waals surface area contributed by atoms with Gasteiger partial charge in [0.05, 0.1) is 5.02 Å². The second kappa shape index (κ2) is 4.60. The van der Waals surface area contributed by atoms with Gasteiger partial charge in [0.2, 0.25) is 0 Å². The number of aromatic nitrogens is 1. The molecule has 0 spiro atoms. The van der Waals surface area contributed by atoms with Crippen molar-refractivity contribution in [3.05, 3.63) is 29.0 Å². The lowest BCUT2D eigenvalue weighted by atomic mass is 10.1. The number of carbonyl (C=O) groups excluding carboxylic acids is 1. The average Bonchev–Trinajstić information content (AvgIpc) is 3.08. The zero-order chi connectivity index (χ0) is 11.6. The number of alkyl halides is 1. The minimum atomic E-state index is -0.173. The van der Waals surface area contributed by atoms with Crippen molar-refractivity contribution in [2.45, 2.75) is 12.8 Å². The van der Waals surface area contributed by atoms with E-state index >= 15 is 0 Å². The summed E-state index contributed by atoms with van der Waals surface area (Å²) in [5.41, 5.74) is 0.513. The highest BCUT2D eigenvalue weighted by Gasteiger charge is 2.41. The van der Waals surface area contributed by atoms with E-state index in [0.717, 1.165) is 12.8 Å². The van der Waals surface area contributed by atoms with Crippen molar-refractivity contribution in [2.75, 3.05) is 12.4 Å². The molecule has 3 nitrogen and oxygen atoms in total. The van der Waals surface area contributed by atoms with E-state index in [9.17, 15) is 4.79 Å². The fourth-order valence-electron chi connectivity index (χ4n) is 1.40. The van der Waals surface area contributed by atoms with Crippen LogP contribution in [0.15, 0.2) is 18.3 Å². The molecule has 1 heterocycles. The molecule has 1 saturated carbocycles. The van der Waals surface area contributed by atoms with E-state index < -0.39 is 0 Å². The third-order valence-corrected chi connectivity index (χ3v) is 3.62. The predicted molar refractivity (Wildman–Crippen MR) is 64.0 cm³/mol. The Balaban J connectivity index is 1.91. The highest BCUT2D eigenvalue weighted by atomic mass is 35.5. The number of carbonyl (C=O) groups is 1. The molecule has 1 aromatic rings. The van der Waals surface area contributed by atoms with Crippen molar-refractivity contribution < 1.29 is 4.79 Å². The van der Waals surface area contributed by atoms with Crippen LogP contribution in [0.1, 0.15) is 23.3 Å². The van der Waals surface area contributed by atoms with E-state index in [2.05, 4.69) is 10.3 Å². The van der Waals surface area contributed by atoms with Crippen LogP contribution in [0.25, 0.3) is 0 Å². The summed E-state index contributed by atoms with van der Waals surface area (Å²) in [7, 11) is 0. The van der Waals surface area contributed by atoms with Gasteiger partial charge in [-0.3, -0.25) is 4.79 Å². The topological polar surface area (TPSA) is 42.0 Å². The number of nitrogens with one attached hydrogen (secondary N) is 1. The van der Waals surface area contributed by atoms with Gasteiger partial charge in [-0.15, -0.1) is 11.6 Å². The van der Waals surface area contributed by atoms with E-state index in [1.54, 1.807) is 12.1 Å². The summed E-state index contributed by atoms with van der Waals surface area (Å²) in [4.78, 5) is 15.6. The number of hydrogen-bond acceptors (Lipinski definition) is 2. The minimum Gasteiger partial charge on any atom is -0.350 e. The summed E-state index contributed by atoms with van der Waals surface area (Å²) in [6, 6.07) is 3.26. The van der Waals surface area contributed by atoms with Crippen LogP contribution in [-0.2, 0) is 0 Å². The minimum absolute atomic E-state index is 0.129. The summed E-state index contributed by atoms with van der Waals surface area (Å²) >= 11 is 11.5. The summed E-state index contributed by atoms with van der Waals surface area (Å²) in [5.74, 6) is 0.425. The van der Waals surface area contributed by atoms with Crippen molar-refractivity contribution in [1.29, 1.82) is 0 Å². The summed E-state index contributed by atoms with van der Waals surface area (Å²) < 4.78 is 0. The van der Waals surface area contributed by atoms with Gasteiger partial charge in [0.1, 0.15) is 5.69 Å². The van der Waals surface area contributed by atoms with Crippen molar-refractivity contribution in [3.8, 4) is 0 Å². The van der Waals surface area contributed by atoms with E-state index in [1.165, 1.54) is 6.20 Å².